The molecule has 3 amide bonds. The number of nitrogens with one attached hydrogen (secondary N) is 1. The van der Waals surface area contributed by atoms with Gasteiger partial charge in [0.05, 0.1) is 24.6 Å². The van der Waals surface area contributed by atoms with Crippen LogP contribution in [0.15, 0.2) is 24.3 Å². The van der Waals surface area contributed by atoms with Crippen molar-refractivity contribution in [1.82, 2.24) is 5.32 Å². The fourth-order valence-electron chi connectivity index (χ4n) is 2.59. The second-order valence-electron chi connectivity index (χ2n) is 5.88. The molecule has 0 bridgehead atoms. The van der Waals surface area contributed by atoms with Gasteiger partial charge in [0.1, 0.15) is 6.10 Å². The van der Waals surface area contributed by atoms with Crippen molar-refractivity contribution in [1.29, 1.82) is 5.26 Å². The summed E-state index contributed by atoms with van der Waals surface area (Å²) in [6.45, 7) is 0.607. The van der Waals surface area contributed by atoms with E-state index in [1.54, 1.807) is 0 Å². The largest absolute Gasteiger partial charge is 0.442 e. The molecule has 1 heterocycles. The summed E-state index contributed by atoms with van der Waals surface area (Å²) in [5.41, 5.74) is 5.72. The molecule has 1 saturated heterocycles. The van der Waals surface area contributed by atoms with Gasteiger partial charge >= 0.3 is 6.09 Å². The lowest BCUT2D eigenvalue weighted by Crippen LogP contribution is -2.32. The van der Waals surface area contributed by atoms with Crippen molar-refractivity contribution in [3.05, 3.63) is 29.8 Å². The molecule has 10 heteroatoms. The number of nitrogens with two attached hydrogens (primary N) is 1. The summed E-state index contributed by atoms with van der Waals surface area (Å²) in [4.78, 5) is 33.3. The number of ether oxygens (including phenoxy) is 1. The Labute approximate surface area is 161 Å². The summed E-state index contributed by atoms with van der Waals surface area (Å²) in [7, 11) is 0. The normalized spacial score (nSPS) is 19.5. The van der Waals surface area contributed by atoms with Crippen molar-refractivity contribution < 1.29 is 19.1 Å². The molecule has 0 spiro atoms. The van der Waals surface area contributed by atoms with E-state index in [-0.39, 0.29) is 12.0 Å². The molecule has 1 aliphatic heterocycles. The van der Waals surface area contributed by atoms with Gasteiger partial charge in [-0.1, -0.05) is 37.4 Å². The Morgan fingerprint density at radius 1 is 1.35 bits per heavy atom. The molecule has 26 heavy (non-hydrogen) atoms. The smallest absolute Gasteiger partial charge is 0.414 e. The first-order valence-corrected chi connectivity index (χ1v) is 8.62. The van der Waals surface area contributed by atoms with Crippen LogP contribution in [0.1, 0.15) is 18.4 Å². The lowest BCUT2D eigenvalue weighted by molar-refractivity contribution is 0.141. The third-order valence-corrected chi connectivity index (χ3v) is 4.21. The Morgan fingerprint density at radius 2 is 1.92 bits per heavy atom. The first-order chi connectivity index (χ1) is 12.3. The summed E-state index contributed by atoms with van der Waals surface area (Å²) < 4.78 is 5.20. The average Bonchev–Trinajstić information content (AvgIpc) is 3.30. The topological polar surface area (TPSA) is 126 Å². The predicted molar refractivity (Wildman–Crippen MR) is 102 cm³/mol. The third kappa shape index (κ3) is 5.06. The highest BCUT2D eigenvalue weighted by Gasteiger charge is 2.44. The number of rotatable bonds is 4. The SMILES string of the molecule is N#CC1(c2ccc(N3CC(CNC(=O)S)OC3=O)cc2)CC1.NC(=O)S. The second-order valence-corrected chi connectivity index (χ2v) is 6.73. The maximum atomic E-state index is 11.9. The summed E-state index contributed by atoms with van der Waals surface area (Å²) >= 11 is 6.71. The molecule has 1 aliphatic carbocycles. The van der Waals surface area contributed by atoms with Crippen LogP contribution in [-0.2, 0) is 10.2 Å². The number of nitriles is 1. The highest BCUT2D eigenvalue weighted by Crippen LogP contribution is 2.47. The van der Waals surface area contributed by atoms with Crippen LogP contribution in [0.2, 0.25) is 0 Å². The van der Waals surface area contributed by atoms with Crippen LogP contribution in [0, 0.1) is 11.3 Å². The number of hydrogen-bond acceptors (Lipinski definition) is 5. The van der Waals surface area contributed by atoms with E-state index in [1.807, 2.05) is 24.3 Å². The van der Waals surface area contributed by atoms with Crippen molar-refractivity contribution in [3.8, 4) is 6.07 Å². The standard InChI is InChI=1S/C15H15N3O3S.CH3NOS/c16-9-15(5-6-15)10-1-3-11(4-2-10)18-8-12(21-14(18)20)7-17-13(19)22;2-1(3)4/h1-4,12H,5-8H2,(H2,17,19,22);(H3,2,3,4). The zero-order valence-electron chi connectivity index (χ0n) is 13.7. The Hall–Kier alpha value is -2.38. The molecule has 3 N–H and O–H groups in total. The van der Waals surface area contributed by atoms with E-state index < -0.39 is 22.7 Å². The number of primary amides is 1. The second kappa shape index (κ2) is 8.33. The van der Waals surface area contributed by atoms with Crippen molar-refractivity contribution in [3.63, 3.8) is 0 Å². The van der Waals surface area contributed by atoms with E-state index in [4.69, 9.17) is 9.53 Å². The maximum absolute atomic E-state index is 11.9. The Kier molecular flexibility index (Phi) is 6.39. The lowest BCUT2D eigenvalue weighted by atomic mass is 9.97. The fourth-order valence-corrected chi connectivity index (χ4v) is 2.68. The van der Waals surface area contributed by atoms with Crippen molar-refractivity contribution >= 4 is 47.5 Å². The molecule has 2 fully saturated rings. The van der Waals surface area contributed by atoms with E-state index in [1.165, 1.54) is 4.90 Å². The van der Waals surface area contributed by atoms with E-state index in [0.29, 0.717) is 6.54 Å². The van der Waals surface area contributed by atoms with Crippen LogP contribution < -0.4 is 16.0 Å². The number of nitrogens with zero attached hydrogens (tertiary/aromatic N) is 2. The van der Waals surface area contributed by atoms with Gasteiger partial charge in [0.15, 0.2) is 0 Å². The average molecular weight is 394 g/mol. The number of amides is 3. The molecule has 1 saturated carbocycles. The van der Waals surface area contributed by atoms with Gasteiger partial charge in [-0.2, -0.15) is 5.26 Å². The van der Waals surface area contributed by atoms with Gasteiger partial charge in [0, 0.05) is 5.69 Å². The molecule has 2 aliphatic rings. The number of benzene rings is 1. The monoisotopic (exact) mass is 394 g/mol. The molecule has 1 aromatic carbocycles. The van der Waals surface area contributed by atoms with Gasteiger partial charge in [0.2, 0.25) is 0 Å². The van der Waals surface area contributed by atoms with Crippen LogP contribution in [0.5, 0.6) is 0 Å². The number of hydrogen-bond donors (Lipinski definition) is 4. The van der Waals surface area contributed by atoms with E-state index >= 15 is 0 Å². The van der Waals surface area contributed by atoms with Crippen LogP contribution in [0.25, 0.3) is 0 Å². The molecular formula is C16H18N4O4S2. The van der Waals surface area contributed by atoms with Crippen LogP contribution >= 0.6 is 25.3 Å². The number of anilines is 1. The van der Waals surface area contributed by atoms with Crippen LogP contribution in [0.4, 0.5) is 20.1 Å². The predicted octanol–water partition coefficient (Wildman–Crippen LogP) is 2.20. The fraction of sp³-hybridized carbons (Fsp3) is 0.375. The van der Waals surface area contributed by atoms with Crippen LogP contribution in [-0.4, -0.2) is 35.8 Å². The zero-order chi connectivity index (χ0) is 19.3. The molecule has 8 nitrogen and oxygen atoms in total. The first kappa shape index (κ1) is 19.9. The van der Waals surface area contributed by atoms with Gasteiger partial charge in [-0.15, -0.1) is 0 Å². The third-order valence-electron chi connectivity index (χ3n) is 4.05. The van der Waals surface area contributed by atoms with Crippen LogP contribution in [0.3, 0.4) is 0 Å². The molecule has 1 unspecified atom stereocenters. The van der Waals surface area contributed by atoms with Crippen molar-refractivity contribution in [2.75, 3.05) is 18.0 Å². The first-order valence-electron chi connectivity index (χ1n) is 7.72. The van der Waals surface area contributed by atoms with E-state index in [9.17, 15) is 14.9 Å². The Bertz CT molecular complexity index is 740. The summed E-state index contributed by atoms with van der Waals surface area (Å²) in [6.07, 6.45) is 0.949. The molecule has 3 rings (SSSR count). The highest BCUT2D eigenvalue weighted by atomic mass is 32.1. The van der Waals surface area contributed by atoms with Gasteiger partial charge < -0.3 is 15.8 Å². The van der Waals surface area contributed by atoms with Crippen molar-refractivity contribution in [2.45, 2.75) is 24.4 Å². The molecule has 1 aromatic rings. The molecule has 0 radical (unpaired) electrons. The minimum Gasteiger partial charge on any atom is -0.442 e. The quantitative estimate of drug-likeness (QED) is 0.583. The number of carbonyl (C=O) groups is 3. The number of thiol groups is 2. The maximum Gasteiger partial charge on any atom is 0.414 e. The minimum atomic E-state index is -0.639. The summed E-state index contributed by atoms with van der Waals surface area (Å²) in [5.74, 6) is 0. The van der Waals surface area contributed by atoms with Gasteiger partial charge in [-0.05, 0) is 30.5 Å². The summed E-state index contributed by atoms with van der Waals surface area (Å²) in [5, 5.41) is 10.6. The summed E-state index contributed by atoms with van der Waals surface area (Å²) in [6, 6.07) is 9.78. The Balaban J connectivity index is 0.000000552. The van der Waals surface area contributed by atoms with Gasteiger partial charge in [0.25, 0.3) is 10.5 Å². The molecule has 138 valence electrons. The molecular weight excluding hydrogens is 376 g/mol. The number of carbonyl (C=O) groups excluding carboxylic acids is 3. The lowest BCUT2D eigenvalue weighted by Gasteiger charge is -2.14. The minimum absolute atomic E-state index is 0.236. The Morgan fingerprint density at radius 3 is 2.38 bits per heavy atom. The van der Waals surface area contributed by atoms with E-state index in [2.05, 4.69) is 42.4 Å². The van der Waals surface area contributed by atoms with Crippen molar-refractivity contribution in [2.24, 2.45) is 5.73 Å². The van der Waals surface area contributed by atoms with Gasteiger partial charge in [-0.3, -0.25) is 14.5 Å². The highest BCUT2D eigenvalue weighted by molar-refractivity contribution is 7.96. The van der Waals surface area contributed by atoms with Gasteiger partial charge in [-0.25, -0.2) is 4.79 Å². The zero-order valence-corrected chi connectivity index (χ0v) is 15.5. The molecule has 1 atom stereocenters. The number of cyclic esters (lactones) is 1. The van der Waals surface area contributed by atoms with E-state index in [0.717, 1.165) is 24.1 Å². The molecule has 0 aromatic heterocycles.